The van der Waals surface area contributed by atoms with Crippen molar-refractivity contribution >= 4 is 12.2 Å². The van der Waals surface area contributed by atoms with Gasteiger partial charge in [0.2, 0.25) is 5.91 Å². The number of rotatable bonds is 12. The molecular formula is C20H35NO16. The van der Waals surface area contributed by atoms with E-state index in [9.17, 15) is 60.7 Å². The summed E-state index contributed by atoms with van der Waals surface area (Å²) < 4.78 is 21.8. The van der Waals surface area contributed by atoms with E-state index in [1.165, 1.54) is 0 Å². The SMILES string of the molecule is CC(=O)N[C@H]1[C@H](O[C@@H]([C@H](O)[C@@H](O)C=O)[C@H](O)CO)O[C@H](CO)[C@@H](O)[C@@H]1O[C@H]1O[C@H](CO)[C@H](O)[C@H](O)[C@H]1O. The van der Waals surface area contributed by atoms with Crippen molar-refractivity contribution in [2.45, 2.75) is 92.7 Å². The van der Waals surface area contributed by atoms with Crippen LogP contribution in [0.2, 0.25) is 0 Å². The molecule has 2 heterocycles. The summed E-state index contributed by atoms with van der Waals surface area (Å²) >= 11 is 0. The number of carbonyl (C=O) groups excluding carboxylic acids is 2. The molecule has 0 aromatic rings. The maximum absolute atomic E-state index is 12.0. The van der Waals surface area contributed by atoms with Crippen molar-refractivity contribution in [2.75, 3.05) is 19.8 Å². The quantitative estimate of drug-likeness (QED) is 0.102. The number of ether oxygens (including phenoxy) is 4. The zero-order valence-electron chi connectivity index (χ0n) is 19.7. The van der Waals surface area contributed by atoms with Gasteiger partial charge in [0.25, 0.3) is 0 Å². The van der Waals surface area contributed by atoms with Gasteiger partial charge >= 0.3 is 0 Å². The number of aliphatic hydroxyl groups excluding tert-OH is 10. The highest BCUT2D eigenvalue weighted by Gasteiger charge is 2.52. The van der Waals surface area contributed by atoms with E-state index in [2.05, 4.69) is 5.32 Å². The van der Waals surface area contributed by atoms with E-state index in [1.54, 1.807) is 0 Å². The summed E-state index contributed by atoms with van der Waals surface area (Å²) in [6.45, 7) is -1.62. The Morgan fingerprint density at radius 3 is 2.00 bits per heavy atom. The second kappa shape index (κ2) is 14.1. The fourth-order valence-corrected chi connectivity index (χ4v) is 4.00. The zero-order valence-corrected chi connectivity index (χ0v) is 19.7. The van der Waals surface area contributed by atoms with Crippen molar-refractivity contribution in [3.05, 3.63) is 0 Å². The number of hydrogen-bond acceptors (Lipinski definition) is 16. The second-order valence-corrected chi connectivity index (χ2v) is 8.71. The molecule has 1 amide bonds. The van der Waals surface area contributed by atoms with Gasteiger partial charge in [-0.15, -0.1) is 0 Å². The molecule has 216 valence electrons. The van der Waals surface area contributed by atoms with Gasteiger partial charge < -0.3 is 80.1 Å². The van der Waals surface area contributed by atoms with Gasteiger partial charge in [0.1, 0.15) is 73.2 Å². The number of aliphatic hydroxyl groups is 10. The molecule has 2 aliphatic rings. The van der Waals surface area contributed by atoms with Crippen molar-refractivity contribution in [1.82, 2.24) is 5.32 Å². The predicted molar refractivity (Wildman–Crippen MR) is 114 cm³/mol. The molecule has 0 aliphatic carbocycles. The zero-order chi connectivity index (χ0) is 28.0. The molecule has 11 N–H and O–H groups in total. The minimum atomic E-state index is -2.11. The maximum Gasteiger partial charge on any atom is 0.217 e. The summed E-state index contributed by atoms with van der Waals surface area (Å²) in [6.07, 6.45) is -23.4. The maximum atomic E-state index is 12.0. The fourth-order valence-electron chi connectivity index (χ4n) is 4.00. The van der Waals surface area contributed by atoms with Gasteiger partial charge in [-0.05, 0) is 0 Å². The Balaban J connectivity index is 2.41. The van der Waals surface area contributed by atoms with E-state index in [0.29, 0.717) is 0 Å². The summed E-state index contributed by atoms with van der Waals surface area (Å²) in [5, 5.41) is 102. The lowest BCUT2D eigenvalue weighted by molar-refractivity contribution is -0.351. The first-order valence-electron chi connectivity index (χ1n) is 11.3. The van der Waals surface area contributed by atoms with E-state index in [1.807, 2.05) is 0 Å². The Morgan fingerprint density at radius 1 is 0.919 bits per heavy atom. The van der Waals surface area contributed by atoms with Crippen molar-refractivity contribution in [3.63, 3.8) is 0 Å². The molecule has 14 atom stereocenters. The molecule has 0 spiro atoms. The molecule has 2 aliphatic heterocycles. The summed E-state index contributed by atoms with van der Waals surface area (Å²) in [6, 6.07) is -1.56. The van der Waals surface area contributed by atoms with Crippen LogP contribution in [0.5, 0.6) is 0 Å². The summed E-state index contributed by atoms with van der Waals surface area (Å²) in [7, 11) is 0. The molecule has 0 aromatic heterocycles. The number of aldehydes is 1. The topological polar surface area (TPSA) is 285 Å². The van der Waals surface area contributed by atoms with Crippen LogP contribution < -0.4 is 5.32 Å². The van der Waals surface area contributed by atoms with Crippen LogP contribution in [0.1, 0.15) is 6.92 Å². The molecule has 2 saturated heterocycles. The Hall–Kier alpha value is -1.42. The molecule has 0 unspecified atom stereocenters. The van der Waals surface area contributed by atoms with Crippen LogP contribution in [0.25, 0.3) is 0 Å². The summed E-state index contributed by atoms with van der Waals surface area (Å²) in [5.74, 6) is -0.744. The lowest BCUT2D eigenvalue weighted by atomic mass is 9.95. The lowest BCUT2D eigenvalue weighted by Crippen LogP contribution is -2.69. The van der Waals surface area contributed by atoms with Gasteiger partial charge in [0.05, 0.1) is 19.8 Å². The molecule has 2 fully saturated rings. The van der Waals surface area contributed by atoms with E-state index in [-0.39, 0.29) is 6.29 Å². The minimum Gasteiger partial charge on any atom is -0.394 e. The largest absolute Gasteiger partial charge is 0.394 e. The van der Waals surface area contributed by atoms with Gasteiger partial charge in [-0.1, -0.05) is 0 Å². The Kier molecular flexibility index (Phi) is 12.1. The summed E-state index contributed by atoms with van der Waals surface area (Å²) in [4.78, 5) is 22.9. The van der Waals surface area contributed by atoms with Crippen molar-refractivity contribution < 1.29 is 79.6 Å². The first kappa shape index (κ1) is 31.8. The van der Waals surface area contributed by atoms with Crippen LogP contribution in [0.4, 0.5) is 0 Å². The minimum absolute atomic E-state index is 0.0660. The van der Waals surface area contributed by atoms with Gasteiger partial charge in [-0.2, -0.15) is 0 Å². The van der Waals surface area contributed by atoms with E-state index >= 15 is 0 Å². The number of amides is 1. The summed E-state index contributed by atoms with van der Waals surface area (Å²) in [5.41, 5.74) is 0. The van der Waals surface area contributed by atoms with E-state index in [4.69, 9.17) is 18.9 Å². The fraction of sp³-hybridized carbons (Fsp3) is 0.900. The first-order chi connectivity index (χ1) is 17.4. The lowest BCUT2D eigenvalue weighted by Gasteiger charge is -2.48. The van der Waals surface area contributed by atoms with Gasteiger partial charge in [-0.25, -0.2) is 0 Å². The first-order valence-corrected chi connectivity index (χ1v) is 11.3. The normalized spacial score (nSPS) is 39.9. The Morgan fingerprint density at radius 2 is 1.49 bits per heavy atom. The average Bonchev–Trinajstić information content (AvgIpc) is 2.88. The molecule has 37 heavy (non-hydrogen) atoms. The van der Waals surface area contributed by atoms with Crippen LogP contribution in [-0.4, -0.2) is 169 Å². The van der Waals surface area contributed by atoms with Crippen LogP contribution in [0.15, 0.2) is 0 Å². The smallest absolute Gasteiger partial charge is 0.217 e. The molecular weight excluding hydrogens is 510 g/mol. The number of carbonyl (C=O) groups is 2. The predicted octanol–water partition coefficient (Wildman–Crippen LogP) is -7.59. The molecule has 0 bridgehead atoms. The van der Waals surface area contributed by atoms with Crippen LogP contribution >= 0.6 is 0 Å². The molecule has 0 aromatic carbocycles. The third-order valence-corrected chi connectivity index (χ3v) is 6.05. The third kappa shape index (κ3) is 7.37. The number of nitrogens with one attached hydrogen (secondary N) is 1. The average molecular weight is 545 g/mol. The van der Waals surface area contributed by atoms with Gasteiger partial charge in [0.15, 0.2) is 18.9 Å². The van der Waals surface area contributed by atoms with Crippen LogP contribution in [0.3, 0.4) is 0 Å². The molecule has 0 saturated carbocycles. The monoisotopic (exact) mass is 545 g/mol. The second-order valence-electron chi connectivity index (χ2n) is 8.71. The molecule has 17 nitrogen and oxygen atoms in total. The van der Waals surface area contributed by atoms with Crippen LogP contribution in [-0.2, 0) is 28.5 Å². The number of hydrogen-bond donors (Lipinski definition) is 11. The van der Waals surface area contributed by atoms with E-state index < -0.39 is 111 Å². The third-order valence-electron chi connectivity index (χ3n) is 6.05. The van der Waals surface area contributed by atoms with Crippen molar-refractivity contribution in [1.29, 1.82) is 0 Å². The Bertz CT molecular complexity index is 728. The van der Waals surface area contributed by atoms with Crippen molar-refractivity contribution in [3.8, 4) is 0 Å². The van der Waals surface area contributed by atoms with Crippen molar-refractivity contribution in [2.24, 2.45) is 0 Å². The molecule has 17 heteroatoms. The Labute approximate surface area is 210 Å². The highest BCUT2D eigenvalue weighted by atomic mass is 16.7. The van der Waals surface area contributed by atoms with Gasteiger partial charge in [0, 0.05) is 6.92 Å². The van der Waals surface area contributed by atoms with Gasteiger partial charge in [-0.3, -0.25) is 4.79 Å². The van der Waals surface area contributed by atoms with E-state index in [0.717, 1.165) is 6.92 Å². The molecule has 2 rings (SSSR count). The van der Waals surface area contributed by atoms with Crippen LogP contribution in [0, 0.1) is 0 Å². The highest BCUT2D eigenvalue weighted by molar-refractivity contribution is 5.73. The highest BCUT2D eigenvalue weighted by Crippen LogP contribution is 2.31. The standard InChI is InChI=1S/C20H35NO16/c1-6(26)21-11-18(37-20-16(33)15(32)13(30)9(4-24)35-20)14(31)10(5-25)34-19(11)36-17(8(28)3-23)12(29)7(27)2-22/h2,7-20,23-25,27-33H,3-5H2,1H3,(H,21,26)/t7-,8+,9+,10+,11+,12+,13-,14+,15-,16+,17+,18+,19-,20+/m0/s1. The molecule has 0 radical (unpaired) electrons.